The molecule has 0 unspecified atom stereocenters. The molecule has 1 aromatic carbocycles. The van der Waals surface area contributed by atoms with Crippen molar-refractivity contribution in [2.45, 2.75) is 19.8 Å². The highest BCUT2D eigenvalue weighted by molar-refractivity contribution is 5.62. The lowest BCUT2D eigenvalue weighted by molar-refractivity contribution is 0.494. The highest BCUT2D eigenvalue weighted by Crippen LogP contribution is 2.22. The molecule has 0 spiro atoms. The first-order chi connectivity index (χ1) is 6.77. The van der Waals surface area contributed by atoms with E-state index in [0.29, 0.717) is 0 Å². The van der Waals surface area contributed by atoms with Gasteiger partial charge in [-0.15, -0.1) is 0 Å². The monoisotopic (exact) mass is 187 g/mol. The van der Waals surface area contributed by atoms with Crippen molar-refractivity contribution < 1.29 is 0 Å². The van der Waals surface area contributed by atoms with Gasteiger partial charge in [-0.05, 0) is 25.3 Å². The minimum absolute atomic E-state index is 1.17. The van der Waals surface area contributed by atoms with Gasteiger partial charge in [0, 0.05) is 18.8 Å². The van der Waals surface area contributed by atoms with Crippen molar-refractivity contribution in [3.05, 3.63) is 42.0 Å². The van der Waals surface area contributed by atoms with E-state index in [9.17, 15) is 0 Å². The molecule has 0 aromatic heterocycles. The Labute approximate surface area is 86.1 Å². The number of benzene rings is 1. The second-order valence-corrected chi connectivity index (χ2v) is 4.01. The summed E-state index contributed by atoms with van der Waals surface area (Å²) in [6, 6.07) is 8.62. The number of likely N-dealkylation sites (tertiary alicyclic amines) is 1. The van der Waals surface area contributed by atoms with Crippen molar-refractivity contribution in [3.63, 3.8) is 0 Å². The Hall–Kier alpha value is -1.24. The summed E-state index contributed by atoms with van der Waals surface area (Å²) in [6.45, 7) is 8.62. The van der Waals surface area contributed by atoms with Crippen molar-refractivity contribution in [3.8, 4) is 0 Å². The van der Waals surface area contributed by atoms with Crippen molar-refractivity contribution >= 4 is 5.70 Å². The van der Waals surface area contributed by atoms with E-state index in [0.717, 1.165) is 0 Å². The molecule has 1 aliphatic heterocycles. The molecule has 1 fully saturated rings. The first kappa shape index (κ1) is 9.32. The maximum absolute atomic E-state index is 4.16. The van der Waals surface area contributed by atoms with E-state index in [-0.39, 0.29) is 0 Å². The van der Waals surface area contributed by atoms with Gasteiger partial charge in [-0.25, -0.2) is 0 Å². The number of hydrogen-bond donors (Lipinski definition) is 0. The van der Waals surface area contributed by atoms with Gasteiger partial charge in [0.15, 0.2) is 0 Å². The van der Waals surface area contributed by atoms with Crippen LogP contribution in [0, 0.1) is 6.92 Å². The van der Waals surface area contributed by atoms with Gasteiger partial charge in [0.2, 0.25) is 0 Å². The van der Waals surface area contributed by atoms with Crippen LogP contribution < -0.4 is 0 Å². The van der Waals surface area contributed by atoms with E-state index in [1.807, 2.05) is 0 Å². The molecule has 0 saturated carbocycles. The van der Waals surface area contributed by atoms with Crippen LogP contribution in [0.2, 0.25) is 0 Å². The van der Waals surface area contributed by atoms with Crippen molar-refractivity contribution in [1.29, 1.82) is 0 Å². The molecule has 0 bridgehead atoms. The van der Waals surface area contributed by atoms with Gasteiger partial charge in [-0.2, -0.15) is 0 Å². The number of aryl methyl sites for hydroxylation is 1. The average molecular weight is 187 g/mol. The van der Waals surface area contributed by atoms with E-state index in [4.69, 9.17) is 0 Å². The van der Waals surface area contributed by atoms with Crippen LogP contribution in [0.5, 0.6) is 0 Å². The molecule has 0 N–H and O–H groups in total. The summed E-state index contributed by atoms with van der Waals surface area (Å²) in [5.74, 6) is 0. The molecule has 0 radical (unpaired) electrons. The SMILES string of the molecule is C=C(c1ccc(C)cc1)N1CCCC1. The summed E-state index contributed by atoms with van der Waals surface area (Å²) in [5, 5.41) is 0. The minimum atomic E-state index is 1.17. The molecule has 1 nitrogen and oxygen atoms in total. The fourth-order valence-electron chi connectivity index (χ4n) is 1.92. The van der Waals surface area contributed by atoms with Crippen LogP contribution in [0.4, 0.5) is 0 Å². The molecule has 1 heterocycles. The Kier molecular flexibility index (Phi) is 2.58. The Morgan fingerprint density at radius 2 is 1.71 bits per heavy atom. The molecule has 2 rings (SSSR count). The Bertz CT molecular complexity index is 318. The summed E-state index contributed by atoms with van der Waals surface area (Å²) in [7, 11) is 0. The zero-order valence-corrected chi connectivity index (χ0v) is 8.79. The molecule has 14 heavy (non-hydrogen) atoms. The van der Waals surface area contributed by atoms with Crippen LogP contribution in [-0.4, -0.2) is 18.0 Å². The lowest BCUT2D eigenvalue weighted by Crippen LogP contribution is -2.16. The van der Waals surface area contributed by atoms with Gasteiger partial charge in [0.1, 0.15) is 0 Å². The quantitative estimate of drug-likeness (QED) is 0.687. The van der Waals surface area contributed by atoms with E-state index in [2.05, 4.69) is 42.7 Å². The van der Waals surface area contributed by atoms with Crippen LogP contribution in [0.15, 0.2) is 30.8 Å². The smallest absolute Gasteiger partial charge is 0.0366 e. The molecular weight excluding hydrogens is 170 g/mol. The summed E-state index contributed by atoms with van der Waals surface area (Å²) in [5.41, 5.74) is 3.75. The predicted octanol–water partition coefficient (Wildman–Crippen LogP) is 3.06. The van der Waals surface area contributed by atoms with Crippen LogP contribution in [-0.2, 0) is 0 Å². The zero-order valence-electron chi connectivity index (χ0n) is 8.79. The fourth-order valence-corrected chi connectivity index (χ4v) is 1.92. The van der Waals surface area contributed by atoms with Crippen LogP contribution in [0.25, 0.3) is 5.70 Å². The van der Waals surface area contributed by atoms with Crippen LogP contribution >= 0.6 is 0 Å². The molecule has 1 saturated heterocycles. The van der Waals surface area contributed by atoms with E-state index >= 15 is 0 Å². The lowest BCUT2D eigenvalue weighted by Gasteiger charge is -2.20. The first-order valence-electron chi connectivity index (χ1n) is 5.28. The van der Waals surface area contributed by atoms with Gasteiger partial charge in [0.05, 0.1) is 0 Å². The molecular formula is C13H17N. The standard InChI is InChI=1S/C13H17N/c1-11-5-7-13(8-6-11)12(2)14-9-3-4-10-14/h5-8H,2-4,9-10H2,1H3. The molecule has 1 aromatic rings. The normalized spacial score (nSPS) is 15.9. The summed E-state index contributed by atoms with van der Waals surface area (Å²) in [4.78, 5) is 2.38. The third-order valence-electron chi connectivity index (χ3n) is 2.87. The van der Waals surface area contributed by atoms with E-state index in [1.54, 1.807) is 0 Å². The molecule has 1 heteroatoms. The van der Waals surface area contributed by atoms with Gasteiger partial charge >= 0.3 is 0 Å². The highest BCUT2D eigenvalue weighted by Gasteiger charge is 2.13. The van der Waals surface area contributed by atoms with E-state index in [1.165, 1.54) is 42.8 Å². The Morgan fingerprint density at radius 1 is 1.14 bits per heavy atom. The first-order valence-corrected chi connectivity index (χ1v) is 5.28. The number of rotatable bonds is 2. The molecule has 1 aliphatic rings. The zero-order chi connectivity index (χ0) is 9.97. The van der Waals surface area contributed by atoms with Crippen LogP contribution in [0.1, 0.15) is 24.0 Å². The van der Waals surface area contributed by atoms with Gasteiger partial charge in [-0.1, -0.05) is 36.4 Å². The van der Waals surface area contributed by atoms with Crippen LogP contribution in [0.3, 0.4) is 0 Å². The number of hydrogen-bond acceptors (Lipinski definition) is 1. The van der Waals surface area contributed by atoms with Crippen molar-refractivity contribution in [2.24, 2.45) is 0 Å². The maximum Gasteiger partial charge on any atom is 0.0366 e. The topological polar surface area (TPSA) is 3.24 Å². The Balaban J connectivity index is 2.14. The van der Waals surface area contributed by atoms with Gasteiger partial charge in [-0.3, -0.25) is 0 Å². The number of nitrogens with zero attached hydrogens (tertiary/aromatic N) is 1. The van der Waals surface area contributed by atoms with E-state index < -0.39 is 0 Å². The molecule has 74 valence electrons. The second kappa shape index (κ2) is 3.87. The molecule has 0 atom stereocenters. The average Bonchev–Trinajstić information content (AvgIpc) is 2.71. The van der Waals surface area contributed by atoms with Crippen molar-refractivity contribution in [1.82, 2.24) is 4.90 Å². The molecule has 0 aliphatic carbocycles. The van der Waals surface area contributed by atoms with Crippen molar-refractivity contribution in [2.75, 3.05) is 13.1 Å². The maximum atomic E-state index is 4.16. The van der Waals surface area contributed by atoms with Gasteiger partial charge < -0.3 is 4.90 Å². The minimum Gasteiger partial charge on any atom is -0.372 e. The largest absolute Gasteiger partial charge is 0.372 e. The Morgan fingerprint density at radius 3 is 2.29 bits per heavy atom. The predicted molar refractivity (Wildman–Crippen MR) is 61.0 cm³/mol. The summed E-state index contributed by atoms with van der Waals surface area (Å²) >= 11 is 0. The molecule has 0 amide bonds. The summed E-state index contributed by atoms with van der Waals surface area (Å²) in [6.07, 6.45) is 2.62. The fraction of sp³-hybridized carbons (Fsp3) is 0.385. The highest BCUT2D eigenvalue weighted by atomic mass is 15.1. The summed E-state index contributed by atoms with van der Waals surface area (Å²) < 4.78 is 0. The lowest BCUT2D eigenvalue weighted by atomic mass is 10.1. The third kappa shape index (κ3) is 1.82. The second-order valence-electron chi connectivity index (χ2n) is 4.01. The third-order valence-corrected chi connectivity index (χ3v) is 2.87. The van der Waals surface area contributed by atoms with Gasteiger partial charge in [0.25, 0.3) is 0 Å².